The van der Waals surface area contributed by atoms with E-state index in [2.05, 4.69) is 16.8 Å². The molecule has 8 heteroatoms. The molecule has 1 aromatic carbocycles. The van der Waals surface area contributed by atoms with Crippen molar-refractivity contribution in [2.24, 2.45) is 0 Å². The number of likely N-dealkylation sites (tertiary alicyclic amines) is 1. The molecule has 0 spiro atoms. The minimum atomic E-state index is -0.412. The van der Waals surface area contributed by atoms with Crippen LogP contribution in [0.15, 0.2) is 29.8 Å². The monoisotopic (exact) mass is 443 g/mol. The number of hydrogen-bond donors (Lipinski definition) is 0. The lowest BCUT2D eigenvalue weighted by Crippen LogP contribution is -2.35. The molecule has 1 saturated heterocycles. The Morgan fingerprint density at radius 3 is 2.81 bits per heavy atom. The SMILES string of the molecule is CCCc1csc(C(=O)c2cn(COC(=O)CN3CCCCC3)c3cc(F)ccc23)n1. The highest BCUT2D eigenvalue weighted by Crippen LogP contribution is 2.26. The van der Waals surface area contributed by atoms with Crippen molar-refractivity contribution >= 4 is 34.0 Å². The summed E-state index contributed by atoms with van der Waals surface area (Å²) in [7, 11) is 0. The first kappa shape index (κ1) is 21.6. The molecule has 2 aromatic heterocycles. The Morgan fingerprint density at radius 1 is 1.23 bits per heavy atom. The first-order chi connectivity index (χ1) is 15.0. The number of esters is 1. The third-order valence-corrected chi connectivity index (χ3v) is 6.40. The second-order valence-electron chi connectivity index (χ2n) is 7.88. The fourth-order valence-corrected chi connectivity index (χ4v) is 4.74. The number of hydrogen-bond acceptors (Lipinski definition) is 6. The van der Waals surface area contributed by atoms with Gasteiger partial charge in [0.05, 0.1) is 23.3 Å². The normalized spacial score (nSPS) is 14.8. The number of aryl methyl sites for hydroxylation is 1. The highest BCUT2D eigenvalue weighted by atomic mass is 32.1. The Bertz CT molecular complexity index is 1090. The van der Waals surface area contributed by atoms with E-state index in [1.807, 2.05) is 5.38 Å². The summed E-state index contributed by atoms with van der Waals surface area (Å²) < 4.78 is 21.0. The van der Waals surface area contributed by atoms with Gasteiger partial charge in [-0.25, -0.2) is 9.37 Å². The number of benzene rings is 1. The molecule has 6 nitrogen and oxygen atoms in total. The largest absolute Gasteiger partial charge is 0.443 e. The Morgan fingerprint density at radius 2 is 2.03 bits per heavy atom. The maximum atomic E-state index is 13.9. The number of halogens is 1. The summed E-state index contributed by atoms with van der Waals surface area (Å²) in [5.41, 5.74) is 1.84. The molecule has 3 aromatic rings. The van der Waals surface area contributed by atoms with Gasteiger partial charge in [-0.2, -0.15) is 0 Å². The van der Waals surface area contributed by atoms with Gasteiger partial charge in [0.25, 0.3) is 0 Å². The van der Waals surface area contributed by atoms with Crippen molar-refractivity contribution < 1.29 is 18.7 Å². The molecule has 1 fully saturated rings. The molecular formula is C23H26FN3O3S. The van der Waals surface area contributed by atoms with Crippen LogP contribution in [0.1, 0.15) is 53.7 Å². The van der Waals surface area contributed by atoms with Crippen LogP contribution < -0.4 is 0 Å². The number of nitrogens with zero attached hydrogens (tertiary/aromatic N) is 3. The third kappa shape index (κ3) is 5.02. The minimum Gasteiger partial charge on any atom is -0.443 e. The van der Waals surface area contributed by atoms with E-state index in [0.29, 0.717) is 21.5 Å². The molecule has 0 N–H and O–H groups in total. The van der Waals surface area contributed by atoms with E-state index in [0.717, 1.165) is 44.5 Å². The van der Waals surface area contributed by atoms with Crippen LogP contribution in [0.5, 0.6) is 0 Å². The van der Waals surface area contributed by atoms with Crippen molar-refractivity contribution in [3.8, 4) is 0 Å². The van der Waals surface area contributed by atoms with Crippen molar-refractivity contribution in [1.29, 1.82) is 0 Å². The predicted molar refractivity (Wildman–Crippen MR) is 118 cm³/mol. The smallest absolute Gasteiger partial charge is 0.321 e. The molecular weight excluding hydrogens is 417 g/mol. The molecule has 0 bridgehead atoms. The second kappa shape index (κ2) is 9.70. The number of carbonyl (C=O) groups excluding carboxylic acids is 2. The van der Waals surface area contributed by atoms with Gasteiger partial charge in [-0.3, -0.25) is 14.5 Å². The molecule has 0 amide bonds. The summed E-state index contributed by atoms with van der Waals surface area (Å²) >= 11 is 1.32. The Balaban J connectivity index is 1.53. The lowest BCUT2D eigenvalue weighted by atomic mass is 10.1. The van der Waals surface area contributed by atoms with Gasteiger partial charge >= 0.3 is 5.97 Å². The quantitative estimate of drug-likeness (QED) is 0.381. The van der Waals surface area contributed by atoms with Crippen molar-refractivity contribution in [3.63, 3.8) is 0 Å². The van der Waals surface area contributed by atoms with Crippen molar-refractivity contribution in [3.05, 3.63) is 51.9 Å². The average molecular weight is 444 g/mol. The minimum absolute atomic E-state index is 0.0706. The number of ketones is 1. The Hall–Kier alpha value is -2.58. The maximum Gasteiger partial charge on any atom is 0.321 e. The van der Waals surface area contributed by atoms with Crippen molar-refractivity contribution in [2.45, 2.75) is 45.8 Å². The highest BCUT2D eigenvalue weighted by molar-refractivity contribution is 7.12. The highest BCUT2D eigenvalue weighted by Gasteiger charge is 2.21. The van der Waals surface area contributed by atoms with E-state index in [4.69, 9.17) is 4.74 Å². The number of fused-ring (bicyclic) bond motifs is 1. The van der Waals surface area contributed by atoms with Gasteiger partial charge in [0.1, 0.15) is 5.82 Å². The summed E-state index contributed by atoms with van der Waals surface area (Å²) in [6, 6.07) is 4.27. The van der Waals surface area contributed by atoms with Gasteiger partial charge < -0.3 is 9.30 Å². The van der Waals surface area contributed by atoms with Gasteiger partial charge in [-0.05, 0) is 50.6 Å². The fraction of sp³-hybridized carbons (Fsp3) is 0.435. The predicted octanol–water partition coefficient (Wildman–Crippen LogP) is 4.41. The molecule has 0 radical (unpaired) electrons. The summed E-state index contributed by atoms with van der Waals surface area (Å²) in [5.74, 6) is -0.940. The maximum absolute atomic E-state index is 13.9. The van der Waals surface area contributed by atoms with E-state index >= 15 is 0 Å². The molecule has 31 heavy (non-hydrogen) atoms. The first-order valence-electron chi connectivity index (χ1n) is 10.7. The van der Waals surface area contributed by atoms with E-state index in [1.54, 1.807) is 16.8 Å². The van der Waals surface area contributed by atoms with Crippen LogP contribution >= 0.6 is 11.3 Å². The van der Waals surface area contributed by atoms with Gasteiger partial charge in [0.15, 0.2) is 11.7 Å². The number of piperidine rings is 1. The molecule has 0 aliphatic carbocycles. The number of ether oxygens (including phenoxy) is 1. The van der Waals surface area contributed by atoms with Crippen LogP contribution in [0.2, 0.25) is 0 Å². The topological polar surface area (TPSA) is 64.4 Å². The average Bonchev–Trinajstić information content (AvgIpc) is 3.37. The van der Waals surface area contributed by atoms with E-state index < -0.39 is 5.82 Å². The van der Waals surface area contributed by atoms with Crippen LogP contribution in [0.4, 0.5) is 4.39 Å². The van der Waals surface area contributed by atoms with Crippen LogP contribution in [0, 0.1) is 5.82 Å². The number of rotatable bonds is 8. The number of thiazole rings is 1. The summed E-state index contributed by atoms with van der Waals surface area (Å²) in [4.78, 5) is 31.9. The third-order valence-electron chi connectivity index (χ3n) is 5.51. The molecule has 0 unspecified atom stereocenters. The molecule has 4 rings (SSSR count). The molecule has 0 atom stereocenters. The summed E-state index contributed by atoms with van der Waals surface area (Å²) in [6.45, 7) is 4.05. The number of carbonyl (C=O) groups is 2. The Kier molecular flexibility index (Phi) is 6.77. The van der Waals surface area contributed by atoms with Crippen LogP contribution in [0.25, 0.3) is 10.9 Å². The molecule has 1 aliphatic heterocycles. The van der Waals surface area contributed by atoms with E-state index in [-0.39, 0.29) is 25.0 Å². The summed E-state index contributed by atoms with van der Waals surface area (Å²) in [6.07, 6.45) is 6.79. The zero-order valence-corrected chi connectivity index (χ0v) is 18.4. The van der Waals surface area contributed by atoms with Gasteiger partial charge in [0, 0.05) is 17.0 Å². The molecule has 164 valence electrons. The van der Waals surface area contributed by atoms with Crippen LogP contribution in [-0.2, 0) is 22.7 Å². The second-order valence-corrected chi connectivity index (χ2v) is 8.74. The lowest BCUT2D eigenvalue weighted by Gasteiger charge is -2.25. The first-order valence-corrected chi connectivity index (χ1v) is 11.6. The lowest BCUT2D eigenvalue weighted by molar-refractivity contribution is -0.148. The van der Waals surface area contributed by atoms with Crippen molar-refractivity contribution in [2.75, 3.05) is 19.6 Å². The van der Waals surface area contributed by atoms with Gasteiger partial charge in [-0.1, -0.05) is 19.8 Å². The molecule has 1 aliphatic rings. The van der Waals surface area contributed by atoms with Crippen LogP contribution in [-0.4, -0.2) is 45.8 Å². The zero-order valence-electron chi connectivity index (χ0n) is 17.6. The van der Waals surface area contributed by atoms with E-state index in [9.17, 15) is 14.0 Å². The van der Waals surface area contributed by atoms with Crippen molar-refractivity contribution in [1.82, 2.24) is 14.5 Å². The molecule has 0 saturated carbocycles. The standard InChI is InChI=1S/C23H26FN3O3S/c1-2-6-17-14-31-23(25-17)22(29)19-12-27(20-11-16(24)7-8-18(19)20)15-30-21(28)13-26-9-4-3-5-10-26/h7-8,11-12,14H,2-6,9-10,13,15H2,1H3. The van der Waals surface area contributed by atoms with Crippen LogP contribution in [0.3, 0.4) is 0 Å². The molecule has 3 heterocycles. The van der Waals surface area contributed by atoms with Gasteiger partial charge in [-0.15, -0.1) is 11.3 Å². The number of aromatic nitrogens is 2. The van der Waals surface area contributed by atoms with Gasteiger partial charge in [0.2, 0.25) is 5.78 Å². The zero-order chi connectivity index (χ0) is 21.8. The summed E-state index contributed by atoms with van der Waals surface area (Å²) in [5, 5.41) is 2.93. The fourth-order valence-electron chi connectivity index (χ4n) is 3.94. The van der Waals surface area contributed by atoms with E-state index in [1.165, 1.54) is 29.9 Å². The Labute approximate surface area is 184 Å².